The van der Waals surface area contributed by atoms with Crippen LogP contribution >= 0.6 is 0 Å². The van der Waals surface area contributed by atoms with E-state index < -0.39 is 5.82 Å². The molecule has 3 aromatic rings. The van der Waals surface area contributed by atoms with Crippen molar-refractivity contribution in [2.24, 2.45) is 0 Å². The van der Waals surface area contributed by atoms with Gasteiger partial charge in [0.1, 0.15) is 17.5 Å². The first kappa shape index (κ1) is 13.1. The van der Waals surface area contributed by atoms with Gasteiger partial charge >= 0.3 is 0 Å². The number of hydrogen-bond donors (Lipinski definition) is 1. The van der Waals surface area contributed by atoms with Gasteiger partial charge in [-0.3, -0.25) is 0 Å². The maximum absolute atomic E-state index is 14.6. The molecule has 1 heterocycles. The largest absolute Gasteiger partial charge is 0.377 e. The van der Waals surface area contributed by atoms with E-state index in [0.29, 0.717) is 17.1 Å². The topological polar surface area (TPSA) is 55.7 Å². The van der Waals surface area contributed by atoms with Crippen molar-refractivity contribution in [1.29, 1.82) is 5.26 Å². The van der Waals surface area contributed by atoms with Crippen LogP contribution in [0.3, 0.4) is 0 Å². The van der Waals surface area contributed by atoms with Gasteiger partial charge in [-0.05, 0) is 24.3 Å². The Kier molecular flexibility index (Phi) is 3.07. The molecular formula is C16H13FN4. The number of rotatable bonds is 2. The summed E-state index contributed by atoms with van der Waals surface area (Å²) in [6.45, 7) is 0. The first-order valence-electron chi connectivity index (χ1n) is 6.47. The molecule has 0 saturated carbocycles. The summed E-state index contributed by atoms with van der Waals surface area (Å²) in [5.74, 6) is -0.127. The molecule has 0 fully saturated rings. The zero-order chi connectivity index (χ0) is 15.0. The van der Waals surface area contributed by atoms with Crippen molar-refractivity contribution < 1.29 is 4.39 Å². The molecule has 0 aliphatic carbocycles. The van der Waals surface area contributed by atoms with Crippen molar-refractivity contribution in [1.82, 2.24) is 9.97 Å². The van der Waals surface area contributed by atoms with Gasteiger partial charge in [0.05, 0.1) is 22.3 Å². The molecular weight excluding hydrogens is 267 g/mol. The zero-order valence-corrected chi connectivity index (χ0v) is 11.7. The van der Waals surface area contributed by atoms with Crippen molar-refractivity contribution in [3.05, 3.63) is 47.8 Å². The van der Waals surface area contributed by atoms with Crippen LogP contribution in [0.1, 0.15) is 5.56 Å². The summed E-state index contributed by atoms with van der Waals surface area (Å²) in [7, 11) is 3.55. The Morgan fingerprint density at radius 2 is 1.95 bits per heavy atom. The number of para-hydroxylation sites is 2. The van der Waals surface area contributed by atoms with Crippen molar-refractivity contribution in [2.75, 3.05) is 19.0 Å². The van der Waals surface area contributed by atoms with E-state index in [2.05, 4.69) is 9.97 Å². The highest BCUT2D eigenvalue weighted by atomic mass is 19.1. The van der Waals surface area contributed by atoms with Gasteiger partial charge in [0.2, 0.25) is 0 Å². The van der Waals surface area contributed by atoms with Gasteiger partial charge < -0.3 is 9.88 Å². The van der Waals surface area contributed by atoms with Gasteiger partial charge in [-0.25, -0.2) is 9.37 Å². The van der Waals surface area contributed by atoms with Crippen LogP contribution in [0.25, 0.3) is 22.4 Å². The minimum Gasteiger partial charge on any atom is -0.377 e. The lowest BCUT2D eigenvalue weighted by molar-refractivity contribution is 0.626. The van der Waals surface area contributed by atoms with Crippen LogP contribution in [-0.2, 0) is 0 Å². The number of nitriles is 1. The van der Waals surface area contributed by atoms with Gasteiger partial charge in [-0.15, -0.1) is 0 Å². The fourth-order valence-electron chi connectivity index (χ4n) is 2.31. The maximum atomic E-state index is 14.6. The molecule has 21 heavy (non-hydrogen) atoms. The van der Waals surface area contributed by atoms with E-state index >= 15 is 0 Å². The predicted octanol–water partition coefficient (Wildman–Crippen LogP) is 3.31. The molecule has 4 nitrogen and oxygen atoms in total. The van der Waals surface area contributed by atoms with E-state index in [0.717, 1.165) is 11.0 Å². The van der Waals surface area contributed by atoms with Gasteiger partial charge in [0.25, 0.3) is 0 Å². The van der Waals surface area contributed by atoms with Crippen molar-refractivity contribution in [2.45, 2.75) is 0 Å². The molecule has 0 spiro atoms. The smallest absolute Gasteiger partial charge is 0.154 e. The number of aromatic nitrogens is 2. The first-order valence-corrected chi connectivity index (χ1v) is 6.47. The Hall–Kier alpha value is -2.87. The molecule has 0 atom stereocenters. The maximum Gasteiger partial charge on any atom is 0.154 e. The highest BCUT2D eigenvalue weighted by Crippen LogP contribution is 2.30. The predicted molar refractivity (Wildman–Crippen MR) is 80.5 cm³/mol. The molecule has 0 radical (unpaired) electrons. The second kappa shape index (κ2) is 4.91. The Morgan fingerprint density at radius 3 is 2.62 bits per heavy atom. The highest BCUT2D eigenvalue weighted by Gasteiger charge is 2.17. The fourth-order valence-corrected chi connectivity index (χ4v) is 2.31. The van der Waals surface area contributed by atoms with Crippen LogP contribution in [-0.4, -0.2) is 24.1 Å². The molecule has 0 aliphatic heterocycles. The van der Waals surface area contributed by atoms with E-state index in [1.165, 1.54) is 0 Å². The number of anilines is 1. The van der Waals surface area contributed by atoms with E-state index in [9.17, 15) is 9.65 Å². The van der Waals surface area contributed by atoms with Gasteiger partial charge in [-0.1, -0.05) is 12.1 Å². The normalized spacial score (nSPS) is 10.6. The van der Waals surface area contributed by atoms with E-state index in [1.807, 2.05) is 30.3 Å². The minimum absolute atomic E-state index is 0.0259. The van der Waals surface area contributed by atoms with E-state index in [-0.39, 0.29) is 5.56 Å². The SMILES string of the molecule is CN(C)c1ccc(-c2nc3ccccc3[nH]2)c(F)c1C#N. The Bertz CT molecular complexity index is 825. The number of benzene rings is 2. The molecule has 0 bridgehead atoms. The molecule has 5 heteroatoms. The summed E-state index contributed by atoms with van der Waals surface area (Å²) in [6.07, 6.45) is 0. The number of H-pyrrole nitrogens is 1. The summed E-state index contributed by atoms with van der Waals surface area (Å²) in [5, 5.41) is 9.21. The number of nitrogens with zero attached hydrogens (tertiary/aromatic N) is 3. The Balaban J connectivity index is 2.21. The monoisotopic (exact) mass is 280 g/mol. The summed E-state index contributed by atoms with van der Waals surface area (Å²) in [4.78, 5) is 9.17. The van der Waals surface area contributed by atoms with Crippen LogP contribution in [0.2, 0.25) is 0 Å². The van der Waals surface area contributed by atoms with Gasteiger partial charge in [0.15, 0.2) is 5.82 Å². The molecule has 2 aromatic carbocycles. The number of aromatic amines is 1. The summed E-state index contributed by atoms with van der Waals surface area (Å²) < 4.78 is 14.6. The lowest BCUT2D eigenvalue weighted by Gasteiger charge is -2.15. The molecule has 1 N–H and O–H groups in total. The Labute approximate surface area is 121 Å². The molecule has 0 aliphatic rings. The van der Waals surface area contributed by atoms with E-state index in [4.69, 9.17) is 0 Å². The third kappa shape index (κ3) is 2.11. The molecule has 104 valence electrons. The summed E-state index contributed by atoms with van der Waals surface area (Å²) in [6, 6.07) is 12.8. The summed E-state index contributed by atoms with van der Waals surface area (Å²) in [5.41, 5.74) is 2.48. The molecule has 0 saturated heterocycles. The molecule has 3 rings (SSSR count). The molecule has 0 amide bonds. The molecule has 0 unspecified atom stereocenters. The summed E-state index contributed by atoms with van der Waals surface area (Å²) >= 11 is 0. The fraction of sp³-hybridized carbons (Fsp3) is 0.125. The number of nitrogens with one attached hydrogen (secondary N) is 1. The number of hydrogen-bond acceptors (Lipinski definition) is 3. The third-order valence-corrected chi connectivity index (χ3v) is 3.36. The average Bonchev–Trinajstić information content (AvgIpc) is 2.90. The number of imidazole rings is 1. The molecule has 1 aromatic heterocycles. The van der Waals surface area contributed by atoms with Crippen LogP contribution in [0.4, 0.5) is 10.1 Å². The van der Waals surface area contributed by atoms with Crippen LogP contribution in [0.5, 0.6) is 0 Å². The second-order valence-corrected chi connectivity index (χ2v) is 4.93. The number of fused-ring (bicyclic) bond motifs is 1. The quantitative estimate of drug-likeness (QED) is 0.783. The Morgan fingerprint density at radius 1 is 1.19 bits per heavy atom. The minimum atomic E-state index is -0.553. The third-order valence-electron chi connectivity index (χ3n) is 3.36. The lowest BCUT2D eigenvalue weighted by Crippen LogP contribution is -2.11. The van der Waals surface area contributed by atoms with Crippen molar-refractivity contribution in [3.63, 3.8) is 0 Å². The highest BCUT2D eigenvalue weighted by molar-refractivity contribution is 5.80. The van der Waals surface area contributed by atoms with Crippen molar-refractivity contribution in [3.8, 4) is 17.5 Å². The van der Waals surface area contributed by atoms with Gasteiger partial charge in [-0.2, -0.15) is 5.26 Å². The van der Waals surface area contributed by atoms with Crippen LogP contribution in [0, 0.1) is 17.1 Å². The van der Waals surface area contributed by atoms with Gasteiger partial charge in [0, 0.05) is 14.1 Å². The average molecular weight is 280 g/mol. The standard InChI is InChI=1S/C16H13FN4/c1-21(2)14-8-7-10(15(17)11(14)9-18)16-19-12-5-3-4-6-13(12)20-16/h3-8H,1-2H3,(H,19,20). The van der Waals surface area contributed by atoms with Crippen LogP contribution in [0.15, 0.2) is 36.4 Å². The van der Waals surface area contributed by atoms with E-state index in [1.54, 1.807) is 31.1 Å². The zero-order valence-electron chi connectivity index (χ0n) is 11.7. The first-order chi connectivity index (χ1) is 10.1. The number of halogens is 1. The second-order valence-electron chi connectivity index (χ2n) is 4.93. The van der Waals surface area contributed by atoms with Crippen molar-refractivity contribution >= 4 is 16.7 Å². The van der Waals surface area contributed by atoms with Crippen LogP contribution < -0.4 is 4.90 Å². The lowest BCUT2D eigenvalue weighted by atomic mass is 10.1.